The van der Waals surface area contributed by atoms with Crippen LogP contribution >= 0.6 is 0 Å². The minimum absolute atomic E-state index is 0.126. The number of rotatable bonds is 8. The molecule has 2 aromatic carbocycles. The van der Waals surface area contributed by atoms with E-state index in [9.17, 15) is 9.59 Å². The van der Waals surface area contributed by atoms with Crippen molar-refractivity contribution in [3.63, 3.8) is 0 Å². The Bertz CT molecular complexity index is 761. The van der Waals surface area contributed by atoms with Crippen LogP contribution in [0.15, 0.2) is 48.5 Å². The fourth-order valence-corrected chi connectivity index (χ4v) is 2.59. The zero-order valence-electron chi connectivity index (χ0n) is 15.2. The predicted octanol–water partition coefficient (Wildman–Crippen LogP) is 2.70. The van der Waals surface area contributed by atoms with Crippen LogP contribution in [0.1, 0.15) is 35.8 Å². The number of carbonyl (C=O) groups excluding carboxylic acids is 2. The minimum atomic E-state index is -0.353. The first-order valence-electron chi connectivity index (χ1n) is 8.49. The number of hydrogen-bond acceptors (Lipinski definition) is 4. The highest BCUT2D eigenvalue weighted by molar-refractivity contribution is 5.98. The molecule has 0 saturated carbocycles. The van der Waals surface area contributed by atoms with E-state index in [2.05, 4.69) is 10.6 Å². The summed E-state index contributed by atoms with van der Waals surface area (Å²) in [5.41, 5.74) is 1.27. The lowest BCUT2D eigenvalue weighted by atomic mass is 10.1. The Balaban J connectivity index is 1.93. The van der Waals surface area contributed by atoms with E-state index in [0.717, 1.165) is 5.56 Å². The van der Waals surface area contributed by atoms with E-state index in [0.29, 0.717) is 23.7 Å². The first-order valence-corrected chi connectivity index (χ1v) is 8.49. The lowest BCUT2D eigenvalue weighted by Crippen LogP contribution is -2.38. The summed E-state index contributed by atoms with van der Waals surface area (Å²) in [6.07, 6.45) is 0. The van der Waals surface area contributed by atoms with Crippen molar-refractivity contribution < 1.29 is 19.1 Å². The van der Waals surface area contributed by atoms with E-state index < -0.39 is 0 Å². The summed E-state index contributed by atoms with van der Waals surface area (Å²) in [5.74, 6) is 0.560. The summed E-state index contributed by atoms with van der Waals surface area (Å²) in [6, 6.07) is 14.2. The monoisotopic (exact) mass is 356 g/mol. The van der Waals surface area contributed by atoms with Crippen LogP contribution in [0.25, 0.3) is 0 Å². The van der Waals surface area contributed by atoms with Gasteiger partial charge in [-0.05, 0) is 32.0 Å². The summed E-state index contributed by atoms with van der Waals surface area (Å²) >= 11 is 0. The van der Waals surface area contributed by atoms with Gasteiger partial charge in [-0.1, -0.05) is 30.3 Å². The minimum Gasteiger partial charge on any atom is -0.496 e. The van der Waals surface area contributed by atoms with Crippen molar-refractivity contribution in [3.05, 3.63) is 59.7 Å². The molecule has 0 fully saturated rings. The molecular weight excluding hydrogens is 332 g/mol. The van der Waals surface area contributed by atoms with E-state index in [1.165, 1.54) is 0 Å². The van der Waals surface area contributed by atoms with Gasteiger partial charge in [-0.3, -0.25) is 9.59 Å². The molecule has 0 aromatic heterocycles. The van der Waals surface area contributed by atoms with Gasteiger partial charge < -0.3 is 20.1 Å². The van der Waals surface area contributed by atoms with Gasteiger partial charge in [0.25, 0.3) is 5.91 Å². The maximum absolute atomic E-state index is 12.3. The zero-order chi connectivity index (χ0) is 18.9. The fourth-order valence-electron chi connectivity index (χ4n) is 2.59. The molecule has 0 radical (unpaired) electrons. The molecule has 2 rings (SSSR count). The normalized spacial score (nSPS) is 11.3. The zero-order valence-corrected chi connectivity index (χ0v) is 15.2. The summed E-state index contributed by atoms with van der Waals surface area (Å²) in [5, 5.41) is 5.47. The first kappa shape index (κ1) is 19.3. The lowest BCUT2D eigenvalue weighted by molar-refractivity contribution is -0.120. The molecule has 0 aliphatic carbocycles. The number of ether oxygens (including phenoxy) is 2. The quantitative estimate of drug-likeness (QED) is 0.762. The number of hydrogen-bond donors (Lipinski definition) is 2. The Morgan fingerprint density at radius 2 is 1.69 bits per heavy atom. The van der Waals surface area contributed by atoms with Crippen LogP contribution in [0.5, 0.6) is 11.5 Å². The molecule has 2 aromatic rings. The number of amides is 2. The third-order valence-corrected chi connectivity index (χ3v) is 3.82. The van der Waals surface area contributed by atoms with Crippen molar-refractivity contribution in [1.29, 1.82) is 0 Å². The van der Waals surface area contributed by atoms with E-state index in [4.69, 9.17) is 9.47 Å². The third-order valence-electron chi connectivity index (χ3n) is 3.82. The molecule has 0 spiro atoms. The summed E-state index contributed by atoms with van der Waals surface area (Å²) in [6.45, 7) is 4.04. The SMILES string of the molecule is CCOc1ccccc1C(=O)NCC(=O)NC(C)c1ccccc1OC. The summed E-state index contributed by atoms with van der Waals surface area (Å²) in [4.78, 5) is 24.5. The smallest absolute Gasteiger partial charge is 0.255 e. The second kappa shape index (κ2) is 9.46. The molecule has 0 saturated heterocycles. The second-order valence-electron chi connectivity index (χ2n) is 5.64. The molecule has 0 aliphatic heterocycles. The fraction of sp³-hybridized carbons (Fsp3) is 0.300. The van der Waals surface area contributed by atoms with Crippen LogP contribution in [0.4, 0.5) is 0 Å². The molecule has 6 nitrogen and oxygen atoms in total. The van der Waals surface area contributed by atoms with Gasteiger partial charge in [-0.2, -0.15) is 0 Å². The first-order chi connectivity index (χ1) is 12.6. The van der Waals surface area contributed by atoms with Crippen LogP contribution in [0, 0.1) is 0 Å². The van der Waals surface area contributed by atoms with Crippen LogP contribution in [-0.2, 0) is 4.79 Å². The van der Waals surface area contributed by atoms with Crippen molar-refractivity contribution in [2.75, 3.05) is 20.3 Å². The molecule has 0 heterocycles. The van der Waals surface area contributed by atoms with Crippen molar-refractivity contribution in [3.8, 4) is 11.5 Å². The van der Waals surface area contributed by atoms with Crippen LogP contribution in [0.2, 0.25) is 0 Å². The van der Waals surface area contributed by atoms with E-state index in [1.807, 2.05) is 38.1 Å². The van der Waals surface area contributed by atoms with Crippen molar-refractivity contribution >= 4 is 11.8 Å². The van der Waals surface area contributed by atoms with Crippen LogP contribution in [0.3, 0.4) is 0 Å². The predicted molar refractivity (Wildman–Crippen MR) is 99.5 cm³/mol. The Hall–Kier alpha value is -3.02. The van der Waals surface area contributed by atoms with E-state index in [1.54, 1.807) is 31.4 Å². The topological polar surface area (TPSA) is 76.7 Å². The highest BCUT2D eigenvalue weighted by Crippen LogP contribution is 2.24. The Kier molecular flexibility index (Phi) is 7.02. The van der Waals surface area contributed by atoms with Gasteiger partial charge in [0.15, 0.2) is 0 Å². The lowest BCUT2D eigenvalue weighted by Gasteiger charge is -2.17. The molecule has 26 heavy (non-hydrogen) atoms. The highest BCUT2D eigenvalue weighted by atomic mass is 16.5. The largest absolute Gasteiger partial charge is 0.496 e. The highest BCUT2D eigenvalue weighted by Gasteiger charge is 2.16. The van der Waals surface area contributed by atoms with Gasteiger partial charge in [0.05, 0.1) is 31.9 Å². The maximum atomic E-state index is 12.3. The summed E-state index contributed by atoms with van der Waals surface area (Å²) < 4.78 is 10.7. The molecule has 2 N–H and O–H groups in total. The van der Waals surface area contributed by atoms with Gasteiger partial charge in [-0.25, -0.2) is 0 Å². The molecule has 2 amide bonds. The average Bonchev–Trinajstić information content (AvgIpc) is 2.66. The second-order valence-corrected chi connectivity index (χ2v) is 5.64. The van der Waals surface area contributed by atoms with Crippen LogP contribution < -0.4 is 20.1 Å². The van der Waals surface area contributed by atoms with E-state index in [-0.39, 0.29) is 24.4 Å². The van der Waals surface area contributed by atoms with Crippen LogP contribution in [-0.4, -0.2) is 32.1 Å². The molecule has 6 heteroatoms. The molecule has 138 valence electrons. The van der Waals surface area contributed by atoms with Gasteiger partial charge >= 0.3 is 0 Å². The van der Waals surface area contributed by atoms with Gasteiger partial charge in [0.2, 0.25) is 5.91 Å². The number of nitrogens with one attached hydrogen (secondary N) is 2. The van der Waals surface area contributed by atoms with Gasteiger partial charge in [-0.15, -0.1) is 0 Å². The standard InChI is InChI=1S/C20H24N2O4/c1-4-26-18-12-8-6-10-16(18)20(24)21-13-19(23)22-14(2)15-9-5-7-11-17(15)25-3/h5-12,14H,4,13H2,1-3H3,(H,21,24)(H,22,23). The average molecular weight is 356 g/mol. The third kappa shape index (κ3) is 4.99. The number of para-hydroxylation sites is 2. The number of carbonyl (C=O) groups is 2. The Morgan fingerprint density at radius 3 is 2.38 bits per heavy atom. The number of methoxy groups -OCH3 is 1. The molecule has 0 bridgehead atoms. The Morgan fingerprint density at radius 1 is 1.04 bits per heavy atom. The van der Waals surface area contributed by atoms with Gasteiger partial charge in [0, 0.05) is 5.56 Å². The van der Waals surface area contributed by atoms with Crippen molar-refractivity contribution in [1.82, 2.24) is 10.6 Å². The molecule has 1 atom stereocenters. The van der Waals surface area contributed by atoms with Gasteiger partial charge in [0.1, 0.15) is 11.5 Å². The van der Waals surface area contributed by atoms with E-state index >= 15 is 0 Å². The molecular formula is C20H24N2O4. The Labute approximate surface area is 153 Å². The number of benzene rings is 2. The molecule has 1 unspecified atom stereocenters. The van der Waals surface area contributed by atoms with Crippen molar-refractivity contribution in [2.45, 2.75) is 19.9 Å². The van der Waals surface area contributed by atoms with Crippen molar-refractivity contribution in [2.24, 2.45) is 0 Å². The molecule has 0 aliphatic rings. The summed E-state index contributed by atoms with van der Waals surface area (Å²) in [7, 11) is 1.59. The maximum Gasteiger partial charge on any atom is 0.255 e.